The fraction of sp³-hybridized carbons (Fsp3) is 0.778. The molecule has 1 N–H and O–H groups in total. The lowest BCUT2D eigenvalue weighted by Crippen LogP contribution is -2.09. The Morgan fingerprint density at radius 2 is 2.29 bits per heavy atom. The molecule has 0 spiro atoms. The van der Waals surface area contributed by atoms with E-state index in [1.165, 1.54) is 0 Å². The van der Waals surface area contributed by atoms with Gasteiger partial charge in [-0.3, -0.25) is 0 Å². The van der Waals surface area contributed by atoms with Crippen LogP contribution in [0.2, 0.25) is 0 Å². The van der Waals surface area contributed by atoms with Crippen LogP contribution < -0.4 is 5.32 Å². The van der Waals surface area contributed by atoms with Crippen LogP contribution in [0.25, 0.3) is 0 Å². The van der Waals surface area contributed by atoms with Gasteiger partial charge in [-0.05, 0) is 20.3 Å². The highest BCUT2D eigenvalue weighted by molar-refractivity contribution is 5.19. The molecule has 5 nitrogen and oxygen atoms in total. The summed E-state index contributed by atoms with van der Waals surface area (Å²) in [5.41, 5.74) is 0. The minimum absolute atomic E-state index is 0.292. The van der Waals surface area contributed by atoms with Gasteiger partial charge in [-0.2, -0.15) is 4.98 Å². The minimum Gasteiger partial charge on any atom is -0.373 e. The molecule has 0 unspecified atom stereocenters. The number of hydrogen-bond acceptors (Lipinski definition) is 5. The standard InChI is InChI=1S/C9H17N3O2/c1-4-5-13-6-8-11-9(14-12-8)10-7(2)3/h7H,4-6H2,1-3H3,(H,10,11,12). The number of anilines is 1. The Bertz CT molecular complexity index is 260. The summed E-state index contributed by atoms with van der Waals surface area (Å²) >= 11 is 0. The molecule has 1 aromatic rings. The van der Waals surface area contributed by atoms with Crippen molar-refractivity contribution in [1.29, 1.82) is 0 Å². The fourth-order valence-corrected chi connectivity index (χ4v) is 0.926. The Morgan fingerprint density at radius 1 is 1.50 bits per heavy atom. The number of rotatable bonds is 6. The topological polar surface area (TPSA) is 60.2 Å². The van der Waals surface area contributed by atoms with Crippen LogP contribution in [-0.4, -0.2) is 22.8 Å². The van der Waals surface area contributed by atoms with Gasteiger partial charge in [0.1, 0.15) is 6.61 Å². The van der Waals surface area contributed by atoms with Gasteiger partial charge in [0, 0.05) is 12.6 Å². The first-order chi connectivity index (χ1) is 6.72. The van der Waals surface area contributed by atoms with Gasteiger partial charge in [0.05, 0.1) is 0 Å². The van der Waals surface area contributed by atoms with Crippen LogP contribution in [0.3, 0.4) is 0 Å². The molecule has 80 valence electrons. The number of nitrogens with zero attached hydrogens (tertiary/aromatic N) is 2. The van der Waals surface area contributed by atoms with Gasteiger partial charge in [-0.1, -0.05) is 12.1 Å². The van der Waals surface area contributed by atoms with E-state index in [1.807, 2.05) is 13.8 Å². The monoisotopic (exact) mass is 199 g/mol. The average Bonchev–Trinajstić information content (AvgIpc) is 2.52. The summed E-state index contributed by atoms with van der Waals surface area (Å²) in [7, 11) is 0. The van der Waals surface area contributed by atoms with E-state index in [0.29, 0.717) is 24.5 Å². The van der Waals surface area contributed by atoms with Crippen LogP contribution in [0.4, 0.5) is 6.01 Å². The molecule has 5 heteroatoms. The van der Waals surface area contributed by atoms with Crippen molar-refractivity contribution in [3.63, 3.8) is 0 Å². The minimum atomic E-state index is 0.292. The first kappa shape index (κ1) is 11.0. The third kappa shape index (κ3) is 3.74. The lowest BCUT2D eigenvalue weighted by molar-refractivity contribution is 0.114. The summed E-state index contributed by atoms with van der Waals surface area (Å²) in [4.78, 5) is 4.11. The Balaban J connectivity index is 2.35. The van der Waals surface area contributed by atoms with Gasteiger partial charge in [0.25, 0.3) is 0 Å². The van der Waals surface area contributed by atoms with E-state index >= 15 is 0 Å². The van der Waals surface area contributed by atoms with Crippen molar-refractivity contribution in [2.75, 3.05) is 11.9 Å². The molecule has 1 rings (SSSR count). The van der Waals surface area contributed by atoms with Crippen molar-refractivity contribution in [3.8, 4) is 0 Å². The second-order valence-electron chi connectivity index (χ2n) is 3.37. The van der Waals surface area contributed by atoms with Crippen LogP contribution in [0, 0.1) is 0 Å². The Kier molecular flexibility index (Phi) is 4.39. The third-order valence-electron chi connectivity index (χ3n) is 1.46. The van der Waals surface area contributed by atoms with Crippen LogP contribution in [0.5, 0.6) is 0 Å². The van der Waals surface area contributed by atoms with E-state index in [1.54, 1.807) is 0 Å². The molecule has 1 heterocycles. The molecule has 0 saturated heterocycles. The van der Waals surface area contributed by atoms with Crippen molar-refractivity contribution < 1.29 is 9.26 Å². The zero-order valence-electron chi connectivity index (χ0n) is 8.91. The van der Waals surface area contributed by atoms with E-state index in [0.717, 1.165) is 13.0 Å². The molecule has 0 aliphatic heterocycles. The highest BCUT2D eigenvalue weighted by atomic mass is 16.5. The Morgan fingerprint density at radius 3 is 2.93 bits per heavy atom. The maximum absolute atomic E-state index is 5.27. The largest absolute Gasteiger partial charge is 0.373 e. The van der Waals surface area contributed by atoms with Crippen molar-refractivity contribution in [1.82, 2.24) is 10.1 Å². The number of nitrogens with one attached hydrogen (secondary N) is 1. The molecule has 0 atom stereocenters. The zero-order valence-corrected chi connectivity index (χ0v) is 8.91. The summed E-state index contributed by atoms with van der Waals surface area (Å²) in [5.74, 6) is 0.585. The van der Waals surface area contributed by atoms with Gasteiger partial charge in [-0.25, -0.2) is 0 Å². The highest BCUT2D eigenvalue weighted by Crippen LogP contribution is 2.05. The average molecular weight is 199 g/mol. The molecule has 0 radical (unpaired) electrons. The van der Waals surface area contributed by atoms with Gasteiger partial charge >= 0.3 is 6.01 Å². The van der Waals surface area contributed by atoms with Gasteiger partial charge < -0.3 is 14.6 Å². The molecule has 0 bridgehead atoms. The predicted molar refractivity (Wildman–Crippen MR) is 53.0 cm³/mol. The molecule has 0 aliphatic carbocycles. The summed E-state index contributed by atoms with van der Waals surface area (Å²) < 4.78 is 10.2. The fourth-order valence-electron chi connectivity index (χ4n) is 0.926. The second-order valence-corrected chi connectivity index (χ2v) is 3.37. The van der Waals surface area contributed by atoms with Crippen LogP contribution >= 0.6 is 0 Å². The number of hydrogen-bond donors (Lipinski definition) is 1. The Labute approximate surface area is 83.8 Å². The van der Waals surface area contributed by atoms with Crippen molar-refractivity contribution in [2.45, 2.75) is 39.8 Å². The van der Waals surface area contributed by atoms with E-state index in [4.69, 9.17) is 9.26 Å². The van der Waals surface area contributed by atoms with Crippen molar-refractivity contribution in [3.05, 3.63) is 5.82 Å². The molecular weight excluding hydrogens is 182 g/mol. The molecule has 0 aromatic carbocycles. The van der Waals surface area contributed by atoms with Crippen LogP contribution in [0.15, 0.2) is 4.52 Å². The summed E-state index contributed by atoms with van der Waals surface area (Å²) in [6.45, 7) is 7.22. The van der Waals surface area contributed by atoms with E-state index in [2.05, 4.69) is 22.4 Å². The SMILES string of the molecule is CCCOCc1noc(NC(C)C)n1. The summed E-state index contributed by atoms with van der Waals surface area (Å²) in [6, 6.07) is 0.745. The zero-order chi connectivity index (χ0) is 10.4. The summed E-state index contributed by atoms with van der Waals surface area (Å²) in [6.07, 6.45) is 0.995. The van der Waals surface area contributed by atoms with E-state index in [9.17, 15) is 0 Å². The van der Waals surface area contributed by atoms with Gasteiger partial charge in [-0.15, -0.1) is 0 Å². The predicted octanol–water partition coefficient (Wildman–Crippen LogP) is 1.82. The molecule has 1 aromatic heterocycles. The smallest absolute Gasteiger partial charge is 0.321 e. The molecule has 0 amide bonds. The first-order valence-corrected chi connectivity index (χ1v) is 4.89. The lowest BCUT2D eigenvalue weighted by atomic mass is 10.4. The Hall–Kier alpha value is -1.10. The number of aromatic nitrogens is 2. The third-order valence-corrected chi connectivity index (χ3v) is 1.46. The van der Waals surface area contributed by atoms with E-state index < -0.39 is 0 Å². The van der Waals surface area contributed by atoms with Gasteiger partial charge in [0.2, 0.25) is 0 Å². The number of ether oxygens (including phenoxy) is 1. The van der Waals surface area contributed by atoms with Gasteiger partial charge in [0.15, 0.2) is 5.82 Å². The van der Waals surface area contributed by atoms with Crippen LogP contribution in [0.1, 0.15) is 33.0 Å². The van der Waals surface area contributed by atoms with Crippen LogP contribution in [-0.2, 0) is 11.3 Å². The maximum Gasteiger partial charge on any atom is 0.321 e. The molecular formula is C9H17N3O2. The molecule has 14 heavy (non-hydrogen) atoms. The first-order valence-electron chi connectivity index (χ1n) is 4.89. The summed E-state index contributed by atoms with van der Waals surface area (Å²) in [5, 5.41) is 6.79. The highest BCUT2D eigenvalue weighted by Gasteiger charge is 2.06. The van der Waals surface area contributed by atoms with E-state index in [-0.39, 0.29) is 0 Å². The molecule has 0 aliphatic rings. The maximum atomic E-state index is 5.27. The molecule has 0 saturated carbocycles. The van der Waals surface area contributed by atoms with Crippen molar-refractivity contribution in [2.24, 2.45) is 0 Å². The normalized spacial score (nSPS) is 10.9. The quantitative estimate of drug-likeness (QED) is 0.708. The lowest BCUT2D eigenvalue weighted by Gasteiger charge is -2.01. The second kappa shape index (κ2) is 5.59. The molecule has 0 fully saturated rings. The van der Waals surface area contributed by atoms with Crippen molar-refractivity contribution >= 4 is 6.01 Å².